The molecule has 5 saturated carbocycles. The van der Waals surface area contributed by atoms with E-state index in [4.69, 9.17) is 46.7 Å². The first kappa shape index (κ1) is 82.6. The number of aromatic nitrogens is 11. The number of benzene rings is 8. The number of hydrogen-bond acceptors (Lipinski definition) is 25. The van der Waals surface area contributed by atoms with Gasteiger partial charge in [0.2, 0.25) is 28.9 Å². The molecular formula is C88H99N21O6S4. The number of nitrogens with one attached hydrogen (secondary N) is 7. The van der Waals surface area contributed by atoms with Crippen molar-refractivity contribution in [1.29, 1.82) is 0 Å². The fourth-order valence-electron chi connectivity index (χ4n) is 16.5. The average Bonchev–Trinajstić information content (AvgIpc) is 1.42. The van der Waals surface area contributed by atoms with E-state index in [9.17, 15) is 21.4 Å². The zero-order chi connectivity index (χ0) is 81.9. The molecule has 616 valence electrons. The Hall–Kier alpha value is -11.5. The van der Waals surface area contributed by atoms with Crippen LogP contribution in [0.4, 0.5) is 69.3 Å². The standard InChI is InChI=1S/C29H26N4O3S.C22H32N4O3S.C20H19N7S.C17H22N6S/c34-37(35,36)26-19-9-11-20-10-8-18-25(27(20)26)33(22-14-2-1-3-15-22)29-31-24-17-7-6-16-23(24)28(32-29)30-21-12-4-5-13-21;27-30(28,29)16-8-15-26(18-11-2-1-3-12-18)22-24-20-14-7-6-13-19(20)21(25-22)23-17-9-4-5-10-17;1-2-10-15(11-3-1)27(20-24-25-26-28-20)19-22-17-13-7-6-12-16(17)18(23-19)21-14-8-4-5-9-14;1-2-11-18-17(24)23-22-16-20-14-10-6-5-9-13(14)15(21-16)19-12-7-3-4-8-12/h1-3,6-11,14-19,21H,4-5,12-13H2,(H,30,31,32)(H,34,35,36);6-7,13-14,17-18H,1-5,8-12,15-16H2,(H,23,24,25)(H,27,28,29);1-3,6-7,10-14H,4-5,8-9H2,(H,21,22,23);2,5-6,9-10,12H,1,3-4,7-8,11H2,(H2,18,23,24)(H2,19,20,21,22). The third-order valence-corrected chi connectivity index (χ3v) is 24.7. The highest BCUT2D eigenvalue weighted by Gasteiger charge is 2.30. The minimum Gasteiger partial charge on any atom is -0.367 e. The van der Waals surface area contributed by atoms with E-state index in [0.717, 1.165) is 117 Å². The van der Waals surface area contributed by atoms with Gasteiger partial charge in [0.05, 0.1) is 39.2 Å². The van der Waals surface area contributed by atoms with E-state index in [-0.39, 0.29) is 10.6 Å². The summed E-state index contributed by atoms with van der Waals surface area (Å²) >= 11 is 6.38. The number of rotatable bonds is 25. The number of para-hydroxylation sites is 6. The van der Waals surface area contributed by atoms with Crippen molar-refractivity contribution < 1.29 is 25.9 Å². The number of nitrogens with zero attached hydrogens (tertiary/aromatic N) is 14. The lowest BCUT2D eigenvalue weighted by atomic mass is 9.94. The molecular weight excluding hydrogens is 1580 g/mol. The SMILES string of the molecule is C=CCNC(=S)NNc1nc(NC2CCCC2)c2ccccc2n1.O=S(=O)(O)CCCN(c1nc(NC2CCCC2)c2ccccc2n1)C1CCCCC1.O=S(=O)(O)c1cccc2cccc(N(c3ccccc3)c3nc(NC4CCCC4)c4ccccc4n3)c12.c1ccc(N(c2nc(NC3CCCC3)c3ccccc3n2)c2nnns2)cc1. The fourth-order valence-corrected chi connectivity index (χ4v) is 18.3. The zero-order valence-electron chi connectivity index (χ0n) is 66.2. The van der Waals surface area contributed by atoms with Gasteiger partial charge in [0, 0.05) is 87.4 Å². The molecule has 31 heteroatoms. The van der Waals surface area contributed by atoms with Crippen LogP contribution in [0.3, 0.4) is 0 Å². The Morgan fingerprint density at radius 1 is 0.471 bits per heavy atom. The van der Waals surface area contributed by atoms with E-state index < -0.39 is 20.2 Å². The summed E-state index contributed by atoms with van der Waals surface area (Å²) in [5.41, 5.74) is 11.6. The van der Waals surface area contributed by atoms with Crippen molar-refractivity contribution in [3.05, 3.63) is 207 Å². The van der Waals surface area contributed by atoms with Crippen molar-refractivity contribution >= 4 is 173 Å². The fraction of sp³-hybridized carbons (Fsp3) is 0.341. The first-order valence-electron chi connectivity index (χ1n) is 41.2. The van der Waals surface area contributed by atoms with E-state index in [1.165, 1.54) is 114 Å². The van der Waals surface area contributed by atoms with Crippen LogP contribution in [0.15, 0.2) is 212 Å². The van der Waals surface area contributed by atoms with Crippen molar-refractivity contribution in [3.63, 3.8) is 0 Å². The predicted octanol–water partition coefficient (Wildman–Crippen LogP) is 18.9. The summed E-state index contributed by atoms with van der Waals surface area (Å²) in [5, 5.41) is 31.6. The van der Waals surface area contributed by atoms with E-state index >= 15 is 0 Å². The van der Waals surface area contributed by atoms with Gasteiger partial charge in [-0.3, -0.25) is 29.8 Å². The quantitative estimate of drug-likeness (QED) is 0.0111. The van der Waals surface area contributed by atoms with Gasteiger partial charge in [0.25, 0.3) is 20.2 Å². The van der Waals surface area contributed by atoms with E-state index in [1.54, 1.807) is 12.1 Å². The Balaban J connectivity index is 0.000000125. The van der Waals surface area contributed by atoms with Crippen LogP contribution < -0.4 is 52.1 Å². The summed E-state index contributed by atoms with van der Waals surface area (Å²) in [6.45, 7) is 4.76. The first-order chi connectivity index (χ1) is 58.1. The molecule has 0 bridgehead atoms. The van der Waals surface area contributed by atoms with Gasteiger partial charge < -0.3 is 31.5 Å². The van der Waals surface area contributed by atoms with Gasteiger partial charge in [-0.2, -0.15) is 36.8 Å². The maximum atomic E-state index is 12.4. The van der Waals surface area contributed by atoms with Gasteiger partial charge in [-0.05, 0) is 178 Å². The number of hydrazine groups is 1. The lowest BCUT2D eigenvalue weighted by Gasteiger charge is -2.35. The molecule has 0 saturated heterocycles. The molecule has 5 aliphatic rings. The number of thiocarbonyl (C=S) groups is 1. The molecule has 18 rings (SSSR count). The second-order valence-electron chi connectivity index (χ2n) is 30.6. The van der Waals surface area contributed by atoms with Crippen LogP contribution in [0.1, 0.15) is 141 Å². The highest BCUT2D eigenvalue weighted by molar-refractivity contribution is 7.86. The summed E-state index contributed by atoms with van der Waals surface area (Å²) in [7, 11) is -8.46. The van der Waals surface area contributed by atoms with Crippen LogP contribution >= 0.6 is 23.8 Å². The van der Waals surface area contributed by atoms with Gasteiger partial charge >= 0.3 is 0 Å². The van der Waals surface area contributed by atoms with Crippen LogP contribution in [0, 0.1) is 0 Å². The van der Waals surface area contributed by atoms with Crippen molar-refractivity contribution in [2.45, 2.75) is 176 Å². The molecule has 9 N–H and O–H groups in total. The maximum absolute atomic E-state index is 12.4. The topological polar surface area (TPSA) is 344 Å². The molecule has 5 heterocycles. The van der Waals surface area contributed by atoms with Crippen LogP contribution in [0.25, 0.3) is 54.4 Å². The van der Waals surface area contributed by atoms with Gasteiger partial charge in [0.15, 0.2) is 5.11 Å². The van der Waals surface area contributed by atoms with Crippen LogP contribution in [-0.2, 0) is 20.2 Å². The third-order valence-electron chi connectivity index (χ3n) is 22.2. The highest BCUT2D eigenvalue weighted by atomic mass is 32.2. The number of anilines is 12. The van der Waals surface area contributed by atoms with Crippen molar-refractivity contribution in [1.82, 2.24) is 65.4 Å². The van der Waals surface area contributed by atoms with Gasteiger partial charge in [-0.1, -0.05) is 195 Å². The van der Waals surface area contributed by atoms with E-state index in [1.807, 2.05) is 180 Å². The smallest absolute Gasteiger partial charge is 0.295 e. The summed E-state index contributed by atoms with van der Waals surface area (Å²) in [4.78, 5) is 44.4. The summed E-state index contributed by atoms with van der Waals surface area (Å²) in [6.07, 6.45) is 27.0. The lowest BCUT2D eigenvalue weighted by molar-refractivity contribution is 0.409. The Bertz CT molecular complexity index is 5840. The number of hydrogen-bond donors (Lipinski definition) is 9. The van der Waals surface area contributed by atoms with Crippen molar-refractivity contribution in [2.24, 2.45) is 0 Å². The Kier molecular flexibility index (Phi) is 27.3. The lowest BCUT2D eigenvalue weighted by Crippen LogP contribution is -2.39. The molecule has 5 aliphatic carbocycles. The van der Waals surface area contributed by atoms with E-state index in [0.29, 0.717) is 100 Å². The van der Waals surface area contributed by atoms with Crippen LogP contribution in [0.5, 0.6) is 0 Å². The summed E-state index contributed by atoms with van der Waals surface area (Å²) < 4.78 is 70.5. The molecule has 0 atom stereocenters. The number of fused-ring (bicyclic) bond motifs is 5. The monoisotopic (exact) mass is 1670 g/mol. The minimum atomic E-state index is -4.49. The molecule has 0 aliphatic heterocycles. The molecule has 0 radical (unpaired) electrons. The Morgan fingerprint density at radius 3 is 1.35 bits per heavy atom. The molecule has 13 aromatic rings. The summed E-state index contributed by atoms with van der Waals surface area (Å²) in [6, 6.07) is 64.0. The Morgan fingerprint density at radius 2 is 0.891 bits per heavy atom. The van der Waals surface area contributed by atoms with Crippen molar-refractivity contribution in [2.75, 3.05) is 60.2 Å². The van der Waals surface area contributed by atoms with Gasteiger partial charge in [-0.15, -0.1) is 6.58 Å². The molecule has 119 heavy (non-hydrogen) atoms. The second-order valence-corrected chi connectivity index (χ2v) is 34.6. The Labute approximate surface area is 702 Å². The van der Waals surface area contributed by atoms with E-state index in [2.05, 4.69) is 85.8 Å². The molecule has 0 amide bonds. The first-order valence-corrected chi connectivity index (χ1v) is 45.5. The molecule has 8 aromatic carbocycles. The summed E-state index contributed by atoms with van der Waals surface area (Å²) in [5.74, 6) is 5.23. The van der Waals surface area contributed by atoms with Crippen LogP contribution in [0.2, 0.25) is 0 Å². The second kappa shape index (κ2) is 39.4. The highest BCUT2D eigenvalue weighted by Crippen LogP contribution is 2.43. The zero-order valence-corrected chi connectivity index (χ0v) is 69.5. The largest absolute Gasteiger partial charge is 0.367 e. The molecule has 0 spiro atoms. The van der Waals surface area contributed by atoms with Crippen molar-refractivity contribution in [3.8, 4) is 0 Å². The van der Waals surface area contributed by atoms with Crippen LogP contribution in [-0.4, -0.2) is 135 Å². The van der Waals surface area contributed by atoms with Gasteiger partial charge in [0.1, 0.15) is 28.2 Å². The molecule has 27 nitrogen and oxygen atoms in total. The average molecular weight is 1680 g/mol. The molecule has 5 fully saturated rings. The normalized spacial score (nSPS) is 15.4. The molecule has 0 unspecified atom stereocenters. The minimum absolute atomic E-state index is 0.161. The molecule has 5 aromatic heterocycles. The third kappa shape index (κ3) is 21.3. The predicted molar refractivity (Wildman–Crippen MR) is 482 cm³/mol. The maximum Gasteiger partial charge on any atom is 0.295 e. The van der Waals surface area contributed by atoms with Gasteiger partial charge in [-0.25, -0.2) is 19.9 Å².